The third-order valence-electron chi connectivity index (χ3n) is 4.30. The minimum atomic E-state index is -0.699. The molecule has 0 radical (unpaired) electrons. The van der Waals surface area contributed by atoms with Crippen molar-refractivity contribution in [1.29, 1.82) is 0 Å². The summed E-state index contributed by atoms with van der Waals surface area (Å²) in [6.45, 7) is 2.90. The highest BCUT2D eigenvalue weighted by molar-refractivity contribution is 6.24. The second kappa shape index (κ2) is 9.03. The molecule has 11 heteroatoms. The van der Waals surface area contributed by atoms with Crippen molar-refractivity contribution in [2.75, 3.05) is 11.9 Å². The molecule has 0 spiro atoms. The number of rotatable bonds is 5. The van der Waals surface area contributed by atoms with Crippen molar-refractivity contribution < 1.29 is 19.2 Å². The first-order valence-electron chi connectivity index (χ1n) is 9.28. The van der Waals surface area contributed by atoms with Crippen LogP contribution in [0.25, 0.3) is 0 Å². The summed E-state index contributed by atoms with van der Waals surface area (Å²) in [7, 11) is 0. The van der Waals surface area contributed by atoms with Crippen molar-refractivity contribution in [3.8, 4) is 0 Å². The Morgan fingerprint density at radius 3 is 2.71 bits per heavy atom. The molecule has 31 heavy (non-hydrogen) atoms. The maximum atomic E-state index is 12.7. The van der Waals surface area contributed by atoms with E-state index in [0.29, 0.717) is 17.1 Å². The van der Waals surface area contributed by atoms with E-state index in [1.165, 1.54) is 0 Å². The van der Waals surface area contributed by atoms with Gasteiger partial charge in [0.25, 0.3) is 11.2 Å². The molecule has 2 N–H and O–H groups in total. The smallest absolute Gasteiger partial charge is 0.343 e. The molecule has 2 aromatic rings. The molecule has 0 unspecified atom stereocenters. The zero-order chi connectivity index (χ0) is 22.5. The Bertz CT molecular complexity index is 1180. The molecule has 1 aromatic heterocycles. The molecule has 160 valence electrons. The van der Waals surface area contributed by atoms with Gasteiger partial charge in [-0.1, -0.05) is 12.1 Å². The lowest BCUT2D eigenvalue weighted by Crippen LogP contribution is -2.39. The van der Waals surface area contributed by atoms with Crippen molar-refractivity contribution in [1.82, 2.24) is 9.88 Å². The van der Waals surface area contributed by atoms with E-state index in [-0.39, 0.29) is 23.7 Å². The summed E-state index contributed by atoms with van der Waals surface area (Å²) >= 11 is 0. The van der Waals surface area contributed by atoms with Gasteiger partial charge in [0.1, 0.15) is 18.0 Å². The summed E-state index contributed by atoms with van der Waals surface area (Å²) in [6.07, 6.45) is 0.973. The Labute approximate surface area is 176 Å². The van der Waals surface area contributed by atoms with Gasteiger partial charge in [0.05, 0.1) is 29.1 Å². The Balaban J connectivity index is 1.95. The summed E-state index contributed by atoms with van der Waals surface area (Å²) in [5, 5.41) is 16.5. The van der Waals surface area contributed by atoms with Crippen LogP contribution in [0, 0.1) is 10.1 Å². The van der Waals surface area contributed by atoms with Gasteiger partial charge in [-0.3, -0.25) is 24.3 Å². The molecular formula is C20H19N5O6. The minimum absolute atomic E-state index is 0.0257. The number of amides is 1. The molecule has 1 aliphatic rings. The van der Waals surface area contributed by atoms with Gasteiger partial charge in [0.2, 0.25) is 5.91 Å². The van der Waals surface area contributed by atoms with Crippen LogP contribution in [0.4, 0.5) is 17.1 Å². The summed E-state index contributed by atoms with van der Waals surface area (Å²) in [4.78, 5) is 51.9. The number of nitro groups is 1. The summed E-state index contributed by atoms with van der Waals surface area (Å²) in [6, 6.07) is 9.05. The van der Waals surface area contributed by atoms with Crippen LogP contribution >= 0.6 is 0 Å². The van der Waals surface area contributed by atoms with E-state index in [0.717, 1.165) is 22.9 Å². The van der Waals surface area contributed by atoms with Gasteiger partial charge >= 0.3 is 5.97 Å². The summed E-state index contributed by atoms with van der Waals surface area (Å²) in [5.41, 5.74) is 0.617. The first-order chi connectivity index (χ1) is 14.8. The lowest BCUT2D eigenvalue weighted by molar-refractivity contribution is -0.385. The Hall–Kier alpha value is -4.28. The van der Waals surface area contributed by atoms with Crippen molar-refractivity contribution >= 4 is 34.8 Å². The number of aromatic nitrogens is 1. The molecule has 3 rings (SSSR count). The second-order valence-corrected chi connectivity index (χ2v) is 6.48. The number of amidine groups is 1. The fraction of sp³-hybridized carbons (Fsp3) is 0.200. The van der Waals surface area contributed by atoms with Gasteiger partial charge in [-0.25, -0.2) is 9.79 Å². The van der Waals surface area contributed by atoms with Gasteiger partial charge < -0.3 is 15.4 Å². The molecule has 1 aliphatic heterocycles. The van der Waals surface area contributed by atoms with E-state index in [4.69, 9.17) is 4.74 Å². The SMILES string of the molecule is CCOC(=O)C1=C(C)Nc2ccccc2N=C1NC(=O)Cn1cc([N+](=O)[O-])ccc1=O. The van der Waals surface area contributed by atoms with E-state index in [1.807, 2.05) is 0 Å². The molecule has 2 heterocycles. The first kappa shape index (κ1) is 21.4. The maximum Gasteiger partial charge on any atom is 0.343 e. The maximum absolute atomic E-state index is 12.7. The molecule has 0 saturated carbocycles. The van der Waals surface area contributed by atoms with Gasteiger partial charge in [0.15, 0.2) is 0 Å². The van der Waals surface area contributed by atoms with E-state index >= 15 is 0 Å². The average molecular weight is 425 g/mol. The number of nitrogens with zero attached hydrogens (tertiary/aromatic N) is 3. The van der Waals surface area contributed by atoms with E-state index in [9.17, 15) is 24.5 Å². The number of hydrogen-bond donors (Lipinski definition) is 2. The van der Waals surface area contributed by atoms with Crippen LogP contribution in [0.1, 0.15) is 13.8 Å². The van der Waals surface area contributed by atoms with Gasteiger partial charge in [0, 0.05) is 17.8 Å². The number of allylic oxidation sites excluding steroid dienone is 1. The third-order valence-corrected chi connectivity index (χ3v) is 4.30. The zero-order valence-corrected chi connectivity index (χ0v) is 16.7. The molecule has 0 aliphatic carbocycles. The second-order valence-electron chi connectivity index (χ2n) is 6.48. The number of aliphatic imine (C=N–C) groups is 1. The first-order valence-corrected chi connectivity index (χ1v) is 9.28. The summed E-state index contributed by atoms with van der Waals surface area (Å²) in [5.74, 6) is -1.45. The Kier molecular flexibility index (Phi) is 6.24. The average Bonchev–Trinajstić information content (AvgIpc) is 2.84. The lowest BCUT2D eigenvalue weighted by atomic mass is 10.2. The molecule has 0 atom stereocenters. The molecular weight excluding hydrogens is 406 g/mol. The number of carbonyl (C=O) groups is 2. The number of benzene rings is 1. The number of anilines is 1. The highest BCUT2D eigenvalue weighted by Crippen LogP contribution is 2.30. The van der Waals surface area contributed by atoms with Crippen LogP contribution in [0.2, 0.25) is 0 Å². The normalized spacial score (nSPS) is 12.8. The monoisotopic (exact) mass is 425 g/mol. The van der Waals surface area contributed by atoms with Crippen molar-refractivity contribution in [3.05, 3.63) is 74.3 Å². The highest BCUT2D eigenvalue weighted by Gasteiger charge is 2.26. The third kappa shape index (κ3) is 4.83. The molecule has 0 fully saturated rings. The fourth-order valence-electron chi connectivity index (χ4n) is 2.92. The van der Waals surface area contributed by atoms with Crippen LogP contribution in [0.3, 0.4) is 0 Å². The largest absolute Gasteiger partial charge is 0.462 e. The Morgan fingerprint density at radius 2 is 2.00 bits per heavy atom. The predicted molar refractivity (Wildman–Crippen MR) is 112 cm³/mol. The van der Waals surface area contributed by atoms with E-state index in [1.54, 1.807) is 38.1 Å². The zero-order valence-electron chi connectivity index (χ0n) is 16.7. The van der Waals surface area contributed by atoms with Gasteiger partial charge in [-0.05, 0) is 26.0 Å². The van der Waals surface area contributed by atoms with Crippen LogP contribution in [0.5, 0.6) is 0 Å². The number of ether oxygens (including phenoxy) is 1. The van der Waals surface area contributed by atoms with Crippen molar-refractivity contribution in [3.63, 3.8) is 0 Å². The van der Waals surface area contributed by atoms with Crippen LogP contribution in [-0.4, -0.2) is 33.8 Å². The number of fused-ring (bicyclic) bond motifs is 1. The number of carbonyl (C=O) groups excluding carboxylic acids is 2. The standard InChI is InChI=1S/C20H19N5O6/c1-3-31-20(28)18-12(2)21-14-6-4-5-7-15(14)22-19(18)23-16(26)11-24-10-13(25(29)30)8-9-17(24)27/h4-10,21H,3,11H2,1-2H3,(H,22,23,26). The predicted octanol–water partition coefficient (Wildman–Crippen LogP) is 1.87. The molecule has 0 saturated heterocycles. The number of hydrogen-bond acceptors (Lipinski definition) is 8. The molecule has 1 aromatic carbocycles. The summed E-state index contributed by atoms with van der Waals surface area (Å²) < 4.78 is 6.00. The highest BCUT2D eigenvalue weighted by atomic mass is 16.6. The van der Waals surface area contributed by atoms with Gasteiger partial charge in [-0.15, -0.1) is 0 Å². The number of para-hydroxylation sites is 2. The molecule has 0 bridgehead atoms. The lowest BCUT2D eigenvalue weighted by Gasteiger charge is -2.13. The van der Waals surface area contributed by atoms with Crippen molar-refractivity contribution in [2.45, 2.75) is 20.4 Å². The number of esters is 1. The fourth-order valence-corrected chi connectivity index (χ4v) is 2.92. The van der Waals surface area contributed by atoms with Crippen LogP contribution < -0.4 is 16.2 Å². The molecule has 1 amide bonds. The topological polar surface area (TPSA) is 145 Å². The Morgan fingerprint density at radius 1 is 1.26 bits per heavy atom. The minimum Gasteiger partial charge on any atom is -0.462 e. The quantitative estimate of drug-likeness (QED) is 0.422. The van der Waals surface area contributed by atoms with Crippen molar-refractivity contribution in [2.24, 2.45) is 4.99 Å². The number of pyridine rings is 1. The van der Waals surface area contributed by atoms with Crippen LogP contribution in [-0.2, 0) is 20.9 Å². The number of nitrogens with one attached hydrogen (secondary N) is 2. The molecule has 11 nitrogen and oxygen atoms in total. The van der Waals surface area contributed by atoms with Crippen LogP contribution in [0.15, 0.2) is 63.7 Å². The van der Waals surface area contributed by atoms with E-state index in [2.05, 4.69) is 15.6 Å². The van der Waals surface area contributed by atoms with E-state index < -0.39 is 28.9 Å². The van der Waals surface area contributed by atoms with Gasteiger partial charge in [-0.2, -0.15) is 0 Å².